The average Bonchev–Trinajstić information content (AvgIpc) is 3.02. The average molecular weight is 465 g/mol. The second-order valence-electron chi connectivity index (χ2n) is 5.48. The van der Waals surface area contributed by atoms with Gasteiger partial charge in [-0.25, -0.2) is 8.42 Å². The van der Waals surface area contributed by atoms with E-state index in [0.717, 1.165) is 4.57 Å². The lowest BCUT2D eigenvalue weighted by Gasteiger charge is -2.14. The highest BCUT2D eigenvalue weighted by molar-refractivity contribution is 9.10. The number of nitriles is 1. The largest absolute Gasteiger partial charge is 0.480 e. The van der Waals surface area contributed by atoms with Crippen LogP contribution in [-0.4, -0.2) is 50.6 Å². The third kappa shape index (κ3) is 3.00. The minimum Gasteiger partial charge on any atom is -0.480 e. The minimum atomic E-state index is -4.95. The molecule has 28 heavy (non-hydrogen) atoms. The topological polar surface area (TPSA) is 163 Å². The Kier molecular flexibility index (Phi) is 4.88. The van der Waals surface area contributed by atoms with Gasteiger partial charge in [0.1, 0.15) is 0 Å². The summed E-state index contributed by atoms with van der Waals surface area (Å²) in [6.45, 7) is 0. The molecule has 0 aliphatic carbocycles. The molecular weight excluding hydrogens is 456 g/mol. The van der Waals surface area contributed by atoms with Gasteiger partial charge in [-0.15, -0.1) is 10.2 Å². The molecule has 0 bridgehead atoms. The maximum absolute atomic E-state index is 12.7. The molecule has 0 fully saturated rings. The zero-order chi connectivity index (χ0) is 20.6. The normalized spacial score (nSPS) is 11.5. The van der Waals surface area contributed by atoms with Gasteiger partial charge in [-0.2, -0.15) is 5.26 Å². The maximum atomic E-state index is 12.7. The van der Waals surface area contributed by atoms with E-state index < -0.39 is 32.2 Å². The zero-order valence-electron chi connectivity index (χ0n) is 13.6. The molecule has 2 aromatic carbocycles. The van der Waals surface area contributed by atoms with Crippen LogP contribution in [0.1, 0.15) is 5.56 Å². The van der Waals surface area contributed by atoms with Gasteiger partial charge in [0.25, 0.3) is 10.4 Å². The highest BCUT2D eigenvalue weighted by Gasteiger charge is 2.44. The van der Waals surface area contributed by atoms with Gasteiger partial charge >= 0.3 is 11.9 Å². The lowest BCUT2D eigenvalue weighted by Crippen LogP contribution is -2.39. The predicted molar refractivity (Wildman–Crippen MR) is 97.5 cm³/mol. The first-order valence-electron chi connectivity index (χ1n) is 7.42. The highest BCUT2D eigenvalue weighted by Crippen LogP contribution is 2.30. The Morgan fingerprint density at radius 2 is 1.68 bits per heavy atom. The molecule has 0 saturated heterocycles. The van der Waals surface area contributed by atoms with Crippen molar-refractivity contribution in [3.05, 3.63) is 46.7 Å². The number of nitrogens with zero attached hydrogens (tertiary/aromatic N) is 4. The number of carbonyl (C=O) groups is 2. The number of benzene rings is 2. The lowest BCUT2D eigenvalue weighted by molar-refractivity contribution is -0.146. The lowest BCUT2D eigenvalue weighted by atomic mass is 10.0. The SMILES string of the molecule is N#Cc1ccc(-n2c(Br)nnc2S(=O)(=O)C(C(=O)O)C(=O)O)c2ccccc12. The van der Waals surface area contributed by atoms with Crippen LogP contribution in [-0.2, 0) is 19.4 Å². The Bertz CT molecular complexity index is 1260. The molecule has 0 aliphatic heterocycles. The molecule has 1 aromatic heterocycles. The number of hydrogen-bond acceptors (Lipinski definition) is 7. The zero-order valence-corrected chi connectivity index (χ0v) is 16.0. The Labute approximate surface area is 165 Å². The quantitative estimate of drug-likeness (QED) is 0.530. The molecule has 12 heteroatoms. The smallest absolute Gasteiger partial charge is 0.334 e. The van der Waals surface area contributed by atoms with Crippen molar-refractivity contribution in [3.8, 4) is 11.8 Å². The van der Waals surface area contributed by atoms with Gasteiger partial charge in [0.2, 0.25) is 14.6 Å². The van der Waals surface area contributed by atoms with E-state index in [4.69, 9.17) is 10.2 Å². The van der Waals surface area contributed by atoms with Crippen LogP contribution in [0, 0.1) is 11.3 Å². The molecule has 0 amide bonds. The first-order chi connectivity index (χ1) is 13.2. The Morgan fingerprint density at radius 3 is 2.25 bits per heavy atom. The van der Waals surface area contributed by atoms with E-state index in [-0.39, 0.29) is 10.4 Å². The van der Waals surface area contributed by atoms with Gasteiger partial charge in [-0.1, -0.05) is 24.3 Å². The minimum absolute atomic E-state index is 0.0875. The van der Waals surface area contributed by atoms with Gasteiger partial charge < -0.3 is 10.2 Å². The fourth-order valence-electron chi connectivity index (χ4n) is 2.69. The Balaban J connectivity index is 2.36. The molecule has 1 heterocycles. The molecule has 0 radical (unpaired) electrons. The van der Waals surface area contributed by atoms with Crippen molar-refractivity contribution in [2.45, 2.75) is 10.4 Å². The van der Waals surface area contributed by atoms with Crippen LogP contribution in [0.2, 0.25) is 0 Å². The van der Waals surface area contributed by atoms with Crippen molar-refractivity contribution in [2.75, 3.05) is 0 Å². The number of aliphatic carboxylic acids is 2. The summed E-state index contributed by atoms with van der Waals surface area (Å²) in [6.07, 6.45) is 0. The first kappa shape index (κ1) is 19.5. The van der Waals surface area contributed by atoms with Crippen molar-refractivity contribution in [2.24, 2.45) is 0 Å². The third-order valence-corrected chi connectivity index (χ3v) is 6.18. The second kappa shape index (κ2) is 7.02. The first-order valence-corrected chi connectivity index (χ1v) is 9.76. The molecule has 0 saturated carbocycles. The Morgan fingerprint density at radius 1 is 1.07 bits per heavy atom. The molecule has 0 spiro atoms. The van der Waals surface area contributed by atoms with Gasteiger partial charge in [0, 0.05) is 10.8 Å². The molecule has 0 aliphatic rings. The van der Waals surface area contributed by atoms with Crippen molar-refractivity contribution in [1.29, 1.82) is 5.26 Å². The van der Waals surface area contributed by atoms with Crippen LogP contribution in [0.4, 0.5) is 0 Å². The fraction of sp³-hybridized carbons (Fsp3) is 0.0625. The summed E-state index contributed by atoms with van der Waals surface area (Å²) in [5.41, 5.74) is 0.557. The number of halogens is 1. The van der Waals surface area contributed by atoms with Gasteiger partial charge in [0.15, 0.2) is 0 Å². The summed E-state index contributed by atoms with van der Waals surface area (Å²) in [7, 11) is -4.95. The number of aromatic nitrogens is 3. The molecule has 3 aromatic rings. The van der Waals surface area contributed by atoms with Crippen LogP contribution in [0.25, 0.3) is 16.5 Å². The Hall–Kier alpha value is -3.30. The summed E-state index contributed by atoms with van der Waals surface area (Å²) in [5, 5.41) is 31.9. The van der Waals surface area contributed by atoms with E-state index in [2.05, 4.69) is 26.1 Å². The highest BCUT2D eigenvalue weighted by atomic mass is 79.9. The van der Waals surface area contributed by atoms with Crippen LogP contribution in [0.3, 0.4) is 0 Å². The van der Waals surface area contributed by atoms with Gasteiger partial charge in [-0.05, 0) is 28.1 Å². The van der Waals surface area contributed by atoms with E-state index >= 15 is 0 Å². The fourth-order valence-corrected chi connectivity index (χ4v) is 4.58. The van der Waals surface area contributed by atoms with E-state index in [0.29, 0.717) is 16.3 Å². The summed E-state index contributed by atoms with van der Waals surface area (Å²) < 4.78 is 26.3. The number of fused-ring (bicyclic) bond motifs is 1. The number of hydrogen-bond donors (Lipinski definition) is 2. The molecule has 142 valence electrons. The number of sulfone groups is 1. The van der Waals surface area contributed by atoms with Crippen molar-refractivity contribution < 1.29 is 28.2 Å². The van der Waals surface area contributed by atoms with Gasteiger partial charge in [-0.3, -0.25) is 14.2 Å². The molecule has 0 unspecified atom stereocenters. The number of carboxylic acids is 2. The summed E-state index contributed by atoms with van der Waals surface area (Å²) >= 11 is 3.06. The predicted octanol–water partition coefficient (Wildman–Crippen LogP) is 1.37. The second-order valence-corrected chi connectivity index (χ2v) is 8.11. The van der Waals surface area contributed by atoms with Crippen molar-refractivity contribution >= 4 is 48.5 Å². The molecular formula is C16H9BrN4O6S. The van der Waals surface area contributed by atoms with E-state index in [9.17, 15) is 23.3 Å². The number of carboxylic acid groups (broad SMARTS) is 2. The van der Waals surface area contributed by atoms with Crippen molar-refractivity contribution in [3.63, 3.8) is 0 Å². The summed E-state index contributed by atoms with van der Waals surface area (Å²) in [4.78, 5) is 22.5. The van der Waals surface area contributed by atoms with Crippen molar-refractivity contribution in [1.82, 2.24) is 14.8 Å². The molecule has 3 rings (SSSR count). The maximum Gasteiger partial charge on any atom is 0.334 e. The van der Waals surface area contributed by atoms with Crippen LogP contribution >= 0.6 is 15.9 Å². The molecule has 2 N–H and O–H groups in total. The van der Waals surface area contributed by atoms with Gasteiger partial charge in [0.05, 0.1) is 17.3 Å². The molecule has 10 nitrogen and oxygen atoms in total. The third-order valence-electron chi connectivity index (χ3n) is 3.87. The van der Waals surface area contributed by atoms with E-state index in [1.165, 1.54) is 12.1 Å². The number of rotatable bonds is 5. The molecule has 0 atom stereocenters. The van der Waals surface area contributed by atoms with Crippen LogP contribution < -0.4 is 0 Å². The summed E-state index contributed by atoms with van der Waals surface area (Å²) in [5.74, 6) is -4.11. The van der Waals surface area contributed by atoms with E-state index in [1.54, 1.807) is 24.3 Å². The monoisotopic (exact) mass is 464 g/mol. The van der Waals surface area contributed by atoms with E-state index in [1.807, 2.05) is 6.07 Å². The van der Waals surface area contributed by atoms with Crippen LogP contribution in [0.15, 0.2) is 46.3 Å². The summed E-state index contributed by atoms with van der Waals surface area (Å²) in [6, 6.07) is 11.5. The standard InChI is InChI=1S/C16H9BrN4O6S/c17-15-19-20-16(28(26,27)12(13(22)23)14(24)25)21(15)11-6-5-8(7-18)9-3-1-2-4-10(9)11/h1-6,12H,(H,22,23)(H,24,25). The van der Waals surface area contributed by atoms with Crippen LogP contribution in [0.5, 0.6) is 0 Å².